The quantitative estimate of drug-likeness (QED) is 0.865. The average molecular weight is 350 g/mol. The Bertz CT molecular complexity index is 713. The summed E-state index contributed by atoms with van der Waals surface area (Å²) in [6.45, 7) is 0.215. The fraction of sp³-hybridized carbons (Fsp3) is 0.214. The number of benzene rings is 1. The largest absolute Gasteiger partial charge is 0.480 e. The van der Waals surface area contributed by atoms with E-state index in [9.17, 15) is 14.7 Å². The minimum absolute atomic E-state index is 0.213. The number of amides is 1. The molecule has 7 heteroatoms. The number of halogens is 1. The van der Waals surface area contributed by atoms with Crippen LogP contribution in [-0.2, 0) is 17.8 Å². The van der Waals surface area contributed by atoms with Crippen molar-refractivity contribution in [1.29, 1.82) is 0 Å². The van der Waals surface area contributed by atoms with Crippen molar-refractivity contribution in [2.75, 3.05) is 0 Å². The van der Waals surface area contributed by atoms with Gasteiger partial charge in [-0.25, -0.2) is 9.78 Å². The zero-order valence-corrected chi connectivity index (χ0v) is 12.5. The van der Waals surface area contributed by atoms with Gasteiger partial charge in [0.25, 0.3) is 5.91 Å². The summed E-state index contributed by atoms with van der Waals surface area (Å²) in [6.07, 6.45) is 1.74. The Kier molecular flexibility index (Phi) is 3.50. The first-order valence-corrected chi connectivity index (χ1v) is 7.16. The van der Waals surface area contributed by atoms with Gasteiger partial charge in [-0.3, -0.25) is 4.79 Å². The van der Waals surface area contributed by atoms with Crippen molar-refractivity contribution < 1.29 is 14.7 Å². The number of aromatic nitrogens is 2. The zero-order valence-electron chi connectivity index (χ0n) is 10.9. The highest BCUT2D eigenvalue weighted by molar-refractivity contribution is 9.10. The summed E-state index contributed by atoms with van der Waals surface area (Å²) < 4.78 is 0.648. The molecule has 1 aliphatic heterocycles. The van der Waals surface area contributed by atoms with Crippen LogP contribution in [0.4, 0.5) is 0 Å². The summed E-state index contributed by atoms with van der Waals surface area (Å²) in [6, 6.07) is 6.08. The zero-order chi connectivity index (χ0) is 15.0. The van der Waals surface area contributed by atoms with E-state index in [2.05, 4.69) is 25.9 Å². The third-order valence-corrected chi connectivity index (χ3v) is 4.24. The molecule has 21 heavy (non-hydrogen) atoms. The third kappa shape index (κ3) is 2.44. The summed E-state index contributed by atoms with van der Waals surface area (Å²) in [5, 5.41) is 9.39. The number of H-pyrrole nitrogens is 1. The van der Waals surface area contributed by atoms with E-state index in [1.165, 1.54) is 11.2 Å². The van der Waals surface area contributed by atoms with Crippen LogP contribution in [0.25, 0.3) is 0 Å². The van der Waals surface area contributed by atoms with E-state index in [1.54, 1.807) is 24.3 Å². The Hall–Kier alpha value is -2.15. The number of nitrogens with one attached hydrogen (secondary N) is 1. The van der Waals surface area contributed by atoms with Crippen molar-refractivity contribution in [3.8, 4) is 0 Å². The molecule has 3 rings (SSSR count). The summed E-state index contributed by atoms with van der Waals surface area (Å²) in [5.41, 5.74) is 1.94. The molecule has 0 radical (unpaired) electrons. The summed E-state index contributed by atoms with van der Waals surface area (Å²) in [5.74, 6) is -1.33. The molecular formula is C14H12BrN3O3. The van der Waals surface area contributed by atoms with Crippen molar-refractivity contribution in [3.63, 3.8) is 0 Å². The second-order valence-electron chi connectivity index (χ2n) is 4.80. The van der Waals surface area contributed by atoms with Crippen LogP contribution in [0.2, 0.25) is 0 Å². The molecule has 2 heterocycles. The lowest BCUT2D eigenvalue weighted by molar-refractivity contribution is -0.142. The maximum atomic E-state index is 12.7. The Balaban J connectivity index is 1.98. The first-order valence-electron chi connectivity index (χ1n) is 6.37. The van der Waals surface area contributed by atoms with Crippen molar-refractivity contribution in [3.05, 3.63) is 52.0 Å². The monoisotopic (exact) mass is 349 g/mol. The van der Waals surface area contributed by atoms with Gasteiger partial charge in [0.05, 0.1) is 29.8 Å². The molecule has 0 fully saturated rings. The number of nitrogens with zero attached hydrogens (tertiary/aromatic N) is 2. The minimum atomic E-state index is -1.02. The molecule has 1 aromatic carbocycles. The molecule has 0 spiro atoms. The molecule has 1 aliphatic rings. The van der Waals surface area contributed by atoms with Crippen LogP contribution in [0.5, 0.6) is 0 Å². The Morgan fingerprint density at radius 1 is 1.38 bits per heavy atom. The van der Waals surface area contributed by atoms with Crippen LogP contribution in [0, 0.1) is 0 Å². The molecule has 108 valence electrons. The van der Waals surface area contributed by atoms with Crippen LogP contribution < -0.4 is 0 Å². The van der Waals surface area contributed by atoms with Crippen LogP contribution in [0.3, 0.4) is 0 Å². The SMILES string of the molecule is O=C(O)C1Cc2nc[nH]c2CN1C(=O)c1ccccc1Br. The lowest BCUT2D eigenvalue weighted by atomic mass is 10.0. The van der Waals surface area contributed by atoms with Crippen LogP contribution in [0.1, 0.15) is 21.7 Å². The van der Waals surface area contributed by atoms with Gasteiger partial charge in [-0.15, -0.1) is 0 Å². The van der Waals surface area contributed by atoms with Crippen molar-refractivity contribution in [2.24, 2.45) is 0 Å². The number of fused-ring (bicyclic) bond motifs is 1. The Morgan fingerprint density at radius 2 is 2.14 bits per heavy atom. The predicted octanol–water partition coefficient (Wildman–Crippen LogP) is 1.82. The topological polar surface area (TPSA) is 86.3 Å². The number of aromatic amines is 1. The number of hydrogen-bond donors (Lipinski definition) is 2. The molecule has 0 bridgehead atoms. The number of hydrogen-bond acceptors (Lipinski definition) is 3. The molecule has 2 aromatic rings. The number of carbonyl (C=O) groups is 2. The molecule has 1 atom stereocenters. The van der Waals surface area contributed by atoms with Gasteiger partial charge in [0.15, 0.2) is 0 Å². The van der Waals surface area contributed by atoms with E-state index in [-0.39, 0.29) is 18.9 Å². The Labute approximate surface area is 128 Å². The third-order valence-electron chi connectivity index (χ3n) is 3.55. The molecule has 0 saturated heterocycles. The fourth-order valence-electron chi connectivity index (χ4n) is 2.46. The highest BCUT2D eigenvalue weighted by Gasteiger charge is 2.36. The number of carboxylic acid groups (broad SMARTS) is 1. The van der Waals surface area contributed by atoms with Gasteiger partial charge in [0.1, 0.15) is 6.04 Å². The van der Waals surface area contributed by atoms with E-state index >= 15 is 0 Å². The number of aliphatic carboxylic acids is 1. The average Bonchev–Trinajstić information content (AvgIpc) is 2.93. The van der Waals surface area contributed by atoms with Gasteiger partial charge in [-0.1, -0.05) is 12.1 Å². The second kappa shape index (κ2) is 5.33. The standard InChI is InChI=1S/C14H12BrN3O3/c15-9-4-2-1-3-8(9)13(19)18-6-11-10(16-7-17-11)5-12(18)14(20)21/h1-4,7,12H,5-6H2,(H,16,17)(H,20,21). The van der Waals surface area contributed by atoms with Crippen LogP contribution in [0.15, 0.2) is 35.1 Å². The van der Waals surface area contributed by atoms with Gasteiger partial charge in [0.2, 0.25) is 0 Å². The predicted molar refractivity (Wildman–Crippen MR) is 77.7 cm³/mol. The molecule has 1 aromatic heterocycles. The van der Waals surface area contributed by atoms with Gasteiger partial charge in [-0.2, -0.15) is 0 Å². The first kappa shape index (κ1) is 13.8. The van der Waals surface area contributed by atoms with E-state index in [4.69, 9.17) is 0 Å². The highest BCUT2D eigenvalue weighted by Crippen LogP contribution is 2.25. The highest BCUT2D eigenvalue weighted by atomic mass is 79.9. The molecule has 6 nitrogen and oxygen atoms in total. The number of imidazole rings is 1. The van der Waals surface area contributed by atoms with E-state index in [0.717, 1.165) is 5.69 Å². The first-order chi connectivity index (χ1) is 10.1. The molecule has 0 aliphatic carbocycles. The molecule has 1 unspecified atom stereocenters. The summed E-state index contributed by atoms with van der Waals surface area (Å²) in [4.78, 5) is 32.6. The summed E-state index contributed by atoms with van der Waals surface area (Å²) >= 11 is 3.33. The second-order valence-corrected chi connectivity index (χ2v) is 5.65. The van der Waals surface area contributed by atoms with E-state index in [1.807, 2.05) is 0 Å². The van der Waals surface area contributed by atoms with E-state index in [0.29, 0.717) is 15.7 Å². The van der Waals surface area contributed by atoms with Crippen molar-refractivity contribution in [1.82, 2.24) is 14.9 Å². The van der Waals surface area contributed by atoms with Gasteiger partial charge < -0.3 is 15.0 Å². The van der Waals surface area contributed by atoms with Gasteiger partial charge >= 0.3 is 5.97 Å². The maximum Gasteiger partial charge on any atom is 0.326 e. The molecular weight excluding hydrogens is 338 g/mol. The lowest BCUT2D eigenvalue weighted by Crippen LogP contribution is -2.48. The Morgan fingerprint density at radius 3 is 2.86 bits per heavy atom. The van der Waals surface area contributed by atoms with Crippen molar-refractivity contribution >= 4 is 27.8 Å². The smallest absolute Gasteiger partial charge is 0.326 e. The maximum absolute atomic E-state index is 12.7. The van der Waals surface area contributed by atoms with E-state index < -0.39 is 12.0 Å². The number of carboxylic acids is 1. The van der Waals surface area contributed by atoms with Crippen LogP contribution in [-0.4, -0.2) is 37.9 Å². The minimum Gasteiger partial charge on any atom is -0.480 e. The summed E-state index contributed by atoms with van der Waals surface area (Å²) in [7, 11) is 0. The molecule has 0 saturated carbocycles. The van der Waals surface area contributed by atoms with Gasteiger partial charge in [0, 0.05) is 10.9 Å². The van der Waals surface area contributed by atoms with Crippen molar-refractivity contribution in [2.45, 2.75) is 19.0 Å². The molecule has 1 amide bonds. The fourth-order valence-corrected chi connectivity index (χ4v) is 2.91. The van der Waals surface area contributed by atoms with Crippen LogP contribution >= 0.6 is 15.9 Å². The number of carbonyl (C=O) groups excluding carboxylic acids is 1. The molecule has 2 N–H and O–H groups in total. The van der Waals surface area contributed by atoms with Gasteiger partial charge in [-0.05, 0) is 28.1 Å². The number of rotatable bonds is 2. The lowest BCUT2D eigenvalue weighted by Gasteiger charge is -2.32. The normalized spacial score (nSPS) is 17.4.